The van der Waals surface area contributed by atoms with E-state index in [1.165, 1.54) is 32.4 Å². The van der Waals surface area contributed by atoms with Gasteiger partial charge in [-0.3, -0.25) is 0 Å². The minimum Gasteiger partial charge on any atom is -0.328 e. The van der Waals surface area contributed by atoms with Crippen LogP contribution in [0.4, 0.5) is 0 Å². The summed E-state index contributed by atoms with van der Waals surface area (Å²) in [5.74, 6) is 0.774. The summed E-state index contributed by atoms with van der Waals surface area (Å²) in [6.45, 7) is 9.36. The molecular formula is C12H26N2. The lowest BCUT2D eigenvalue weighted by Gasteiger charge is -2.44. The van der Waals surface area contributed by atoms with Gasteiger partial charge >= 0.3 is 0 Å². The van der Waals surface area contributed by atoms with Crippen molar-refractivity contribution in [3.05, 3.63) is 0 Å². The molecule has 0 saturated heterocycles. The predicted octanol–water partition coefficient (Wildman–Crippen LogP) is 2.09. The van der Waals surface area contributed by atoms with E-state index < -0.39 is 0 Å². The minimum atomic E-state index is 0.482. The largest absolute Gasteiger partial charge is 0.328 e. The van der Waals surface area contributed by atoms with Crippen LogP contribution < -0.4 is 5.73 Å². The summed E-state index contributed by atoms with van der Waals surface area (Å²) in [6, 6.07) is 0.482. The van der Waals surface area contributed by atoms with Gasteiger partial charge in [0.05, 0.1) is 0 Å². The molecule has 1 aliphatic carbocycles. The van der Waals surface area contributed by atoms with Gasteiger partial charge in [0, 0.05) is 12.6 Å². The first-order chi connectivity index (χ1) is 6.41. The summed E-state index contributed by atoms with van der Waals surface area (Å²) in [5.41, 5.74) is 6.37. The monoisotopic (exact) mass is 198 g/mol. The Labute approximate surface area is 88.8 Å². The van der Waals surface area contributed by atoms with Crippen LogP contribution in [0, 0.1) is 11.3 Å². The van der Waals surface area contributed by atoms with E-state index in [1.807, 2.05) is 0 Å². The number of nitrogens with two attached hydrogens (primary N) is 1. The van der Waals surface area contributed by atoms with Crippen molar-refractivity contribution in [2.24, 2.45) is 17.1 Å². The van der Waals surface area contributed by atoms with Crippen LogP contribution in [0.1, 0.15) is 40.0 Å². The van der Waals surface area contributed by atoms with E-state index in [4.69, 9.17) is 5.73 Å². The number of rotatable bonds is 5. The van der Waals surface area contributed by atoms with E-state index in [0.29, 0.717) is 11.5 Å². The second-order valence-corrected chi connectivity index (χ2v) is 5.89. The molecule has 1 fully saturated rings. The highest BCUT2D eigenvalue weighted by atomic mass is 15.1. The normalized spacial score (nSPS) is 32.4. The van der Waals surface area contributed by atoms with Crippen molar-refractivity contribution in [3.63, 3.8) is 0 Å². The Morgan fingerprint density at radius 2 is 2.00 bits per heavy atom. The first-order valence-electron chi connectivity index (χ1n) is 5.85. The first-order valence-corrected chi connectivity index (χ1v) is 5.85. The molecule has 0 heterocycles. The third kappa shape index (κ3) is 3.58. The third-order valence-corrected chi connectivity index (χ3v) is 3.28. The van der Waals surface area contributed by atoms with E-state index in [-0.39, 0.29) is 0 Å². The van der Waals surface area contributed by atoms with E-state index in [9.17, 15) is 0 Å². The summed E-state index contributed by atoms with van der Waals surface area (Å²) in [7, 11) is 2.22. The van der Waals surface area contributed by atoms with Gasteiger partial charge in [-0.1, -0.05) is 20.8 Å². The van der Waals surface area contributed by atoms with Crippen LogP contribution in [0.5, 0.6) is 0 Å². The molecule has 2 heteroatoms. The van der Waals surface area contributed by atoms with Crippen LogP contribution in [-0.4, -0.2) is 31.1 Å². The highest BCUT2D eigenvalue weighted by Crippen LogP contribution is 2.42. The van der Waals surface area contributed by atoms with Gasteiger partial charge in [0.25, 0.3) is 0 Å². The van der Waals surface area contributed by atoms with Crippen LogP contribution in [0.2, 0.25) is 0 Å². The van der Waals surface area contributed by atoms with Crippen molar-refractivity contribution < 1.29 is 0 Å². The van der Waals surface area contributed by atoms with Crippen molar-refractivity contribution in [1.29, 1.82) is 0 Å². The first kappa shape index (κ1) is 12.0. The molecule has 0 spiro atoms. The van der Waals surface area contributed by atoms with Crippen LogP contribution in [0.15, 0.2) is 0 Å². The number of nitrogens with zero attached hydrogens (tertiary/aromatic N) is 1. The van der Waals surface area contributed by atoms with Crippen molar-refractivity contribution in [2.75, 3.05) is 20.1 Å². The summed E-state index contributed by atoms with van der Waals surface area (Å²) < 4.78 is 0. The predicted molar refractivity (Wildman–Crippen MR) is 62.3 cm³/mol. The molecule has 0 aromatic rings. The standard InChI is InChI=1S/C12H26N2/c1-10(2)9-14(4)6-5-12(3)7-11(13)8-12/h10-11H,5-9,13H2,1-4H3. The van der Waals surface area contributed by atoms with Gasteiger partial charge in [0.1, 0.15) is 0 Å². The van der Waals surface area contributed by atoms with Gasteiger partial charge in [0.2, 0.25) is 0 Å². The van der Waals surface area contributed by atoms with Crippen molar-refractivity contribution in [1.82, 2.24) is 4.90 Å². The van der Waals surface area contributed by atoms with Crippen LogP contribution in [0.3, 0.4) is 0 Å². The molecule has 0 radical (unpaired) electrons. The average molecular weight is 198 g/mol. The zero-order chi connectivity index (χ0) is 10.8. The van der Waals surface area contributed by atoms with Crippen molar-refractivity contribution in [2.45, 2.75) is 46.1 Å². The number of hydrogen-bond acceptors (Lipinski definition) is 2. The fourth-order valence-electron chi connectivity index (χ4n) is 2.59. The molecule has 0 bridgehead atoms. The van der Waals surface area contributed by atoms with Gasteiger partial charge < -0.3 is 10.6 Å². The third-order valence-electron chi connectivity index (χ3n) is 3.28. The smallest absolute Gasteiger partial charge is 0.00492 e. The molecule has 2 nitrogen and oxygen atoms in total. The Kier molecular flexibility index (Phi) is 3.96. The summed E-state index contributed by atoms with van der Waals surface area (Å²) >= 11 is 0. The van der Waals surface area contributed by atoms with Crippen LogP contribution in [-0.2, 0) is 0 Å². The molecular weight excluding hydrogens is 172 g/mol. The Morgan fingerprint density at radius 1 is 1.43 bits per heavy atom. The van der Waals surface area contributed by atoms with E-state index in [0.717, 1.165) is 5.92 Å². The van der Waals surface area contributed by atoms with Crippen LogP contribution in [0.25, 0.3) is 0 Å². The molecule has 1 aliphatic rings. The molecule has 0 aliphatic heterocycles. The summed E-state index contributed by atoms with van der Waals surface area (Å²) in [5, 5.41) is 0. The topological polar surface area (TPSA) is 29.3 Å². The fraction of sp³-hybridized carbons (Fsp3) is 1.00. The molecule has 84 valence electrons. The molecule has 0 unspecified atom stereocenters. The van der Waals surface area contributed by atoms with E-state index in [1.54, 1.807) is 0 Å². The molecule has 0 amide bonds. The molecule has 14 heavy (non-hydrogen) atoms. The van der Waals surface area contributed by atoms with Gasteiger partial charge in [0.15, 0.2) is 0 Å². The Bertz CT molecular complexity index is 171. The Morgan fingerprint density at radius 3 is 2.43 bits per heavy atom. The Balaban J connectivity index is 2.14. The SMILES string of the molecule is CC(C)CN(C)CCC1(C)CC(N)C1. The highest BCUT2D eigenvalue weighted by molar-refractivity contribution is 4.92. The van der Waals surface area contributed by atoms with Crippen molar-refractivity contribution >= 4 is 0 Å². The average Bonchev–Trinajstić information content (AvgIpc) is 1.97. The number of hydrogen-bond donors (Lipinski definition) is 1. The maximum absolute atomic E-state index is 5.83. The lowest BCUT2D eigenvalue weighted by Crippen LogP contribution is -2.45. The lowest BCUT2D eigenvalue weighted by molar-refractivity contribution is 0.0981. The van der Waals surface area contributed by atoms with Gasteiger partial charge in [-0.25, -0.2) is 0 Å². The van der Waals surface area contributed by atoms with E-state index >= 15 is 0 Å². The second-order valence-electron chi connectivity index (χ2n) is 5.89. The summed E-state index contributed by atoms with van der Waals surface area (Å²) in [4.78, 5) is 2.44. The maximum atomic E-state index is 5.83. The molecule has 0 atom stereocenters. The van der Waals surface area contributed by atoms with E-state index in [2.05, 4.69) is 32.7 Å². The molecule has 1 saturated carbocycles. The molecule has 2 N–H and O–H groups in total. The molecule has 0 aromatic carbocycles. The Hall–Kier alpha value is -0.0800. The zero-order valence-corrected chi connectivity index (χ0v) is 10.2. The summed E-state index contributed by atoms with van der Waals surface area (Å²) in [6.07, 6.45) is 3.76. The van der Waals surface area contributed by atoms with Gasteiger partial charge in [-0.05, 0) is 44.2 Å². The van der Waals surface area contributed by atoms with Gasteiger partial charge in [-0.2, -0.15) is 0 Å². The highest BCUT2D eigenvalue weighted by Gasteiger charge is 2.37. The zero-order valence-electron chi connectivity index (χ0n) is 10.2. The van der Waals surface area contributed by atoms with Crippen molar-refractivity contribution in [3.8, 4) is 0 Å². The minimum absolute atomic E-state index is 0.482. The second kappa shape index (κ2) is 4.63. The lowest BCUT2D eigenvalue weighted by atomic mass is 9.65. The quantitative estimate of drug-likeness (QED) is 0.733. The molecule has 0 aromatic heterocycles. The maximum Gasteiger partial charge on any atom is 0.00492 e. The fourth-order valence-corrected chi connectivity index (χ4v) is 2.59. The van der Waals surface area contributed by atoms with Crippen LogP contribution >= 0.6 is 0 Å². The van der Waals surface area contributed by atoms with Gasteiger partial charge in [-0.15, -0.1) is 0 Å². The molecule has 1 rings (SSSR count).